The number of rotatable bonds is 4. The Balaban J connectivity index is 3.00. The van der Waals surface area contributed by atoms with Gasteiger partial charge in [0.05, 0.1) is 12.6 Å². The Labute approximate surface area is 102 Å². The van der Waals surface area contributed by atoms with Crippen LogP contribution in [0.3, 0.4) is 0 Å². The van der Waals surface area contributed by atoms with Crippen LogP contribution in [-0.4, -0.2) is 48.1 Å². The Bertz CT molecular complexity index is 315. The van der Waals surface area contributed by atoms with Crippen molar-refractivity contribution in [2.24, 2.45) is 0 Å². The molecule has 0 aromatic heterocycles. The zero-order valence-electron chi connectivity index (χ0n) is 11.2. The molecule has 2 amide bonds. The van der Waals surface area contributed by atoms with Crippen LogP contribution in [0.15, 0.2) is 0 Å². The summed E-state index contributed by atoms with van der Waals surface area (Å²) in [5, 5.41) is 2.74. The predicted octanol–water partition coefficient (Wildman–Crippen LogP) is 0.537. The van der Waals surface area contributed by atoms with E-state index in [1.807, 2.05) is 6.92 Å². The van der Waals surface area contributed by atoms with E-state index in [4.69, 9.17) is 4.74 Å². The van der Waals surface area contributed by atoms with Crippen LogP contribution in [0.4, 0.5) is 0 Å². The summed E-state index contributed by atoms with van der Waals surface area (Å²) in [4.78, 5) is 25.8. The quantitative estimate of drug-likeness (QED) is 0.782. The molecule has 0 saturated carbocycles. The highest BCUT2D eigenvalue weighted by Crippen LogP contribution is 2.21. The molecule has 98 valence electrons. The van der Waals surface area contributed by atoms with Gasteiger partial charge in [0.25, 0.3) is 0 Å². The number of methoxy groups -OCH3 is 1. The molecule has 1 heterocycles. The average molecular weight is 242 g/mol. The van der Waals surface area contributed by atoms with Crippen LogP contribution in [-0.2, 0) is 14.3 Å². The monoisotopic (exact) mass is 242 g/mol. The fraction of sp³-hybridized carbons (Fsp3) is 0.833. The number of nitrogens with zero attached hydrogens (tertiary/aromatic N) is 1. The van der Waals surface area contributed by atoms with Crippen molar-refractivity contribution >= 4 is 11.8 Å². The molecule has 1 rings (SSSR count). The second-order valence-corrected chi connectivity index (χ2v) is 5.02. The first kappa shape index (κ1) is 14.0. The summed E-state index contributed by atoms with van der Waals surface area (Å²) < 4.78 is 5.12. The molecule has 2 unspecified atom stereocenters. The number of carbonyl (C=O) groups is 2. The number of hydrogen-bond acceptors (Lipinski definition) is 3. The number of hydrogen-bond donors (Lipinski definition) is 1. The van der Waals surface area contributed by atoms with Crippen molar-refractivity contribution in [2.45, 2.75) is 51.7 Å². The van der Waals surface area contributed by atoms with Crippen molar-refractivity contribution in [3.8, 4) is 0 Å². The normalized spacial score (nSPS) is 25.7. The van der Waals surface area contributed by atoms with E-state index in [1.54, 1.807) is 32.8 Å². The lowest BCUT2D eigenvalue weighted by Crippen LogP contribution is -2.69. The van der Waals surface area contributed by atoms with E-state index < -0.39 is 11.6 Å². The summed E-state index contributed by atoms with van der Waals surface area (Å²) in [6.45, 7) is 7.65. The fourth-order valence-corrected chi connectivity index (χ4v) is 2.16. The Hall–Kier alpha value is -1.10. The Morgan fingerprint density at radius 2 is 2.06 bits per heavy atom. The maximum Gasteiger partial charge on any atom is 0.248 e. The molecule has 1 saturated heterocycles. The molecular formula is C12H22N2O3. The van der Waals surface area contributed by atoms with Gasteiger partial charge in [-0.05, 0) is 27.2 Å². The molecule has 0 spiro atoms. The smallest absolute Gasteiger partial charge is 0.248 e. The molecule has 17 heavy (non-hydrogen) atoms. The van der Waals surface area contributed by atoms with Crippen molar-refractivity contribution in [1.82, 2.24) is 10.2 Å². The number of ether oxygens (including phenoxy) is 1. The first-order chi connectivity index (χ1) is 7.85. The van der Waals surface area contributed by atoms with Crippen molar-refractivity contribution in [3.05, 3.63) is 0 Å². The second-order valence-electron chi connectivity index (χ2n) is 5.02. The molecule has 0 aromatic carbocycles. The molecular weight excluding hydrogens is 220 g/mol. The van der Waals surface area contributed by atoms with E-state index in [2.05, 4.69) is 5.32 Å². The van der Waals surface area contributed by atoms with E-state index in [1.165, 1.54) is 0 Å². The molecule has 0 radical (unpaired) electrons. The topological polar surface area (TPSA) is 58.6 Å². The lowest BCUT2D eigenvalue weighted by Gasteiger charge is -2.45. The minimum absolute atomic E-state index is 0.0477. The zero-order valence-corrected chi connectivity index (χ0v) is 11.2. The fourth-order valence-electron chi connectivity index (χ4n) is 2.16. The molecule has 5 heteroatoms. The summed E-state index contributed by atoms with van der Waals surface area (Å²) in [6.07, 6.45) is 0.771. The van der Waals surface area contributed by atoms with E-state index >= 15 is 0 Å². The lowest BCUT2D eigenvalue weighted by atomic mass is 9.95. The molecule has 1 aliphatic heterocycles. The predicted molar refractivity (Wildman–Crippen MR) is 64.5 cm³/mol. The highest BCUT2D eigenvalue weighted by molar-refractivity contribution is 5.99. The number of piperazine rings is 1. The van der Waals surface area contributed by atoms with Gasteiger partial charge in [-0.3, -0.25) is 9.59 Å². The molecule has 5 nitrogen and oxygen atoms in total. The molecule has 0 aliphatic carbocycles. The summed E-state index contributed by atoms with van der Waals surface area (Å²) >= 11 is 0. The van der Waals surface area contributed by atoms with Crippen LogP contribution in [0, 0.1) is 0 Å². The van der Waals surface area contributed by atoms with Crippen molar-refractivity contribution in [3.63, 3.8) is 0 Å². The highest BCUT2D eigenvalue weighted by Gasteiger charge is 2.45. The summed E-state index contributed by atoms with van der Waals surface area (Å²) in [6, 6.07) is -0.483. The van der Waals surface area contributed by atoms with Gasteiger partial charge in [-0.25, -0.2) is 0 Å². The van der Waals surface area contributed by atoms with E-state index in [-0.39, 0.29) is 17.9 Å². The van der Waals surface area contributed by atoms with Crippen molar-refractivity contribution in [2.75, 3.05) is 13.7 Å². The first-order valence-corrected chi connectivity index (χ1v) is 5.98. The number of carbonyl (C=O) groups excluding carboxylic acids is 2. The first-order valence-electron chi connectivity index (χ1n) is 5.98. The van der Waals surface area contributed by atoms with Gasteiger partial charge in [0.15, 0.2) is 0 Å². The van der Waals surface area contributed by atoms with Gasteiger partial charge in [0.1, 0.15) is 11.6 Å². The van der Waals surface area contributed by atoms with Crippen molar-refractivity contribution in [1.29, 1.82) is 0 Å². The molecule has 1 aliphatic rings. The highest BCUT2D eigenvalue weighted by atomic mass is 16.5. The van der Waals surface area contributed by atoms with E-state index in [0.717, 1.165) is 6.42 Å². The van der Waals surface area contributed by atoms with Gasteiger partial charge in [-0.1, -0.05) is 6.92 Å². The van der Waals surface area contributed by atoms with Gasteiger partial charge in [-0.15, -0.1) is 0 Å². The van der Waals surface area contributed by atoms with Crippen LogP contribution in [0.2, 0.25) is 0 Å². The summed E-state index contributed by atoms with van der Waals surface area (Å²) in [5.41, 5.74) is -0.829. The van der Waals surface area contributed by atoms with Gasteiger partial charge in [-0.2, -0.15) is 0 Å². The Kier molecular flexibility index (Phi) is 4.14. The van der Waals surface area contributed by atoms with Crippen LogP contribution in [0.1, 0.15) is 34.1 Å². The minimum atomic E-state index is -0.829. The largest absolute Gasteiger partial charge is 0.383 e. The second kappa shape index (κ2) is 5.04. The summed E-state index contributed by atoms with van der Waals surface area (Å²) in [7, 11) is 1.60. The third kappa shape index (κ3) is 2.60. The Morgan fingerprint density at radius 3 is 2.53 bits per heavy atom. The van der Waals surface area contributed by atoms with Gasteiger partial charge < -0.3 is 15.0 Å². The number of amides is 2. The standard InChI is InChI=1S/C12H22N2O3/c1-6-9(7-17-5)14-8(2)10(15)13-12(3,4)11(14)16/h8-9H,6-7H2,1-5H3,(H,13,15). The van der Waals surface area contributed by atoms with Crippen molar-refractivity contribution < 1.29 is 14.3 Å². The summed E-state index contributed by atoms with van der Waals surface area (Å²) in [5.74, 6) is -0.155. The maximum absolute atomic E-state index is 12.3. The molecule has 1 N–H and O–H groups in total. The van der Waals surface area contributed by atoms with Crippen LogP contribution in [0.5, 0.6) is 0 Å². The molecule has 2 atom stereocenters. The van der Waals surface area contributed by atoms with Crippen LogP contribution in [0.25, 0.3) is 0 Å². The van der Waals surface area contributed by atoms with E-state index in [9.17, 15) is 9.59 Å². The molecule has 0 bridgehead atoms. The third-order valence-electron chi connectivity index (χ3n) is 3.23. The van der Waals surface area contributed by atoms with E-state index in [0.29, 0.717) is 6.61 Å². The Morgan fingerprint density at radius 1 is 1.47 bits per heavy atom. The number of nitrogens with one attached hydrogen (secondary N) is 1. The SMILES string of the molecule is CCC(COC)N1C(=O)C(C)(C)NC(=O)C1C. The van der Waals surface area contributed by atoms with Crippen LogP contribution >= 0.6 is 0 Å². The lowest BCUT2D eigenvalue weighted by molar-refractivity contribution is -0.157. The van der Waals surface area contributed by atoms with Gasteiger partial charge in [0, 0.05) is 7.11 Å². The molecule has 1 fully saturated rings. The average Bonchev–Trinajstić information content (AvgIpc) is 2.25. The van der Waals surface area contributed by atoms with Gasteiger partial charge >= 0.3 is 0 Å². The van der Waals surface area contributed by atoms with Gasteiger partial charge in [0.2, 0.25) is 11.8 Å². The minimum Gasteiger partial charge on any atom is -0.383 e. The van der Waals surface area contributed by atoms with Crippen LogP contribution < -0.4 is 5.32 Å². The zero-order chi connectivity index (χ0) is 13.2. The maximum atomic E-state index is 12.3. The molecule has 0 aromatic rings. The third-order valence-corrected chi connectivity index (χ3v) is 3.23.